The molecule has 26 heavy (non-hydrogen) atoms. The van der Waals surface area contributed by atoms with E-state index in [1.165, 1.54) is 5.56 Å². The van der Waals surface area contributed by atoms with Gasteiger partial charge in [-0.2, -0.15) is 5.10 Å². The fourth-order valence-electron chi connectivity index (χ4n) is 2.47. The Kier molecular flexibility index (Phi) is 5.95. The molecule has 3 aromatic rings. The zero-order chi connectivity index (χ0) is 18.5. The molecular weight excluding hydrogens is 416 g/mol. The average molecular weight is 435 g/mol. The van der Waals surface area contributed by atoms with Crippen molar-refractivity contribution in [3.05, 3.63) is 68.7 Å². The van der Waals surface area contributed by atoms with E-state index >= 15 is 0 Å². The molecule has 6 nitrogen and oxygen atoms in total. The van der Waals surface area contributed by atoms with Crippen LogP contribution in [0.4, 0.5) is 0 Å². The predicted molar refractivity (Wildman–Crippen MR) is 107 cm³/mol. The summed E-state index contributed by atoms with van der Waals surface area (Å²) in [6, 6.07) is 12.1. The minimum atomic E-state index is 0.476. The van der Waals surface area contributed by atoms with Crippen LogP contribution >= 0.6 is 28.1 Å². The van der Waals surface area contributed by atoms with Crippen LogP contribution in [0.15, 0.2) is 47.2 Å². The summed E-state index contributed by atoms with van der Waals surface area (Å²) < 4.78 is 14.5. The average Bonchev–Trinajstić information content (AvgIpc) is 3.04. The molecule has 0 bridgehead atoms. The van der Waals surface area contributed by atoms with Crippen molar-refractivity contribution in [2.24, 2.45) is 0 Å². The third kappa shape index (κ3) is 4.25. The van der Waals surface area contributed by atoms with Gasteiger partial charge in [0.05, 0.1) is 18.1 Å². The number of methoxy groups -OCH3 is 1. The topological polar surface area (TPSA) is 64.1 Å². The number of ether oxygens (including phenoxy) is 2. The molecule has 0 aliphatic carbocycles. The number of rotatable bonds is 7. The molecule has 0 fully saturated rings. The number of benzene rings is 2. The smallest absolute Gasteiger partial charge is 0.214 e. The molecule has 0 amide bonds. The van der Waals surface area contributed by atoms with Crippen LogP contribution in [-0.4, -0.2) is 22.0 Å². The van der Waals surface area contributed by atoms with E-state index in [2.05, 4.69) is 50.6 Å². The predicted octanol–water partition coefficient (Wildman–Crippen LogP) is 4.34. The Hall–Kier alpha value is -2.32. The lowest BCUT2D eigenvalue weighted by Crippen LogP contribution is -2.13. The molecule has 0 saturated heterocycles. The second-order valence-electron chi connectivity index (χ2n) is 5.69. The third-order valence-electron chi connectivity index (χ3n) is 3.93. The van der Waals surface area contributed by atoms with Crippen molar-refractivity contribution >= 4 is 28.1 Å². The van der Waals surface area contributed by atoms with Gasteiger partial charge in [0, 0.05) is 0 Å². The van der Waals surface area contributed by atoms with Crippen molar-refractivity contribution in [2.75, 3.05) is 12.5 Å². The summed E-state index contributed by atoms with van der Waals surface area (Å²) in [7, 11) is 1.63. The fourth-order valence-corrected chi connectivity index (χ4v) is 3.24. The minimum absolute atomic E-state index is 0.476. The summed E-state index contributed by atoms with van der Waals surface area (Å²) >= 11 is 8.70. The van der Waals surface area contributed by atoms with E-state index in [1.54, 1.807) is 18.1 Å². The SMILES string of the molecule is COc1cc(CNn2cn[nH]c2=S)cc(Br)c1OCc1ccccc1C. The molecule has 1 aromatic heterocycles. The maximum atomic E-state index is 6.02. The van der Waals surface area contributed by atoms with Crippen LogP contribution in [-0.2, 0) is 13.2 Å². The monoisotopic (exact) mass is 434 g/mol. The van der Waals surface area contributed by atoms with E-state index in [-0.39, 0.29) is 0 Å². The van der Waals surface area contributed by atoms with Gasteiger partial charge in [-0.1, -0.05) is 24.3 Å². The highest BCUT2D eigenvalue weighted by Crippen LogP contribution is 2.37. The third-order valence-corrected chi connectivity index (χ3v) is 4.81. The Morgan fingerprint density at radius 3 is 2.81 bits per heavy atom. The minimum Gasteiger partial charge on any atom is -0.493 e. The zero-order valence-corrected chi connectivity index (χ0v) is 16.9. The van der Waals surface area contributed by atoms with E-state index in [0.717, 1.165) is 15.6 Å². The number of aromatic amines is 1. The number of nitrogens with zero attached hydrogens (tertiary/aromatic N) is 2. The Morgan fingerprint density at radius 1 is 1.31 bits per heavy atom. The van der Waals surface area contributed by atoms with Gasteiger partial charge in [0.15, 0.2) is 11.5 Å². The molecule has 1 heterocycles. The van der Waals surface area contributed by atoms with E-state index in [0.29, 0.717) is 29.4 Å². The van der Waals surface area contributed by atoms with Crippen molar-refractivity contribution in [1.82, 2.24) is 14.9 Å². The fraction of sp³-hybridized carbons (Fsp3) is 0.222. The molecule has 2 aromatic carbocycles. The van der Waals surface area contributed by atoms with Crippen LogP contribution in [0.2, 0.25) is 0 Å². The van der Waals surface area contributed by atoms with E-state index < -0.39 is 0 Å². The Balaban J connectivity index is 1.75. The highest BCUT2D eigenvalue weighted by atomic mass is 79.9. The van der Waals surface area contributed by atoms with Gasteiger partial charge in [0.25, 0.3) is 0 Å². The first kappa shape index (κ1) is 18.5. The number of nitrogens with one attached hydrogen (secondary N) is 2. The first-order valence-electron chi connectivity index (χ1n) is 7.98. The number of aromatic nitrogens is 3. The lowest BCUT2D eigenvalue weighted by Gasteiger charge is -2.16. The van der Waals surface area contributed by atoms with Gasteiger partial charge in [-0.25, -0.2) is 4.68 Å². The normalized spacial score (nSPS) is 10.6. The molecule has 8 heteroatoms. The van der Waals surface area contributed by atoms with Gasteiger partial charge in [-0.05, 0) is 63.9 Å². The first-order valence-corrected chi connectivity index (χ1v) is 9.18. The van der Waals surface area contributed by atoms with Crippen LogP contribution in [0.1, 0.15) is 16.7 Å². The van der Waals surface area contributed by atoms with Crippen LogP contribution in [0.3, 0.4) is 0 Å². The summed E-state index contributed by atoms with van der Waals surface area (Å²) in [5, 5.41) is 6.57. The van der Waals surface area contributed by atoms with Crippen molar-refractivity contribution in [1.29, 1.82) is 0 Å². The van der Waals surface area contributed by atoms with Crippen LogP contribution in [0, 0.1) is 11.7 Å². The van der Waals surface area contributed by atoms with Gasteiger partial charge in [0.1, 0.15) is 12.9 Å². The molecule has 0 spiro atoms. The van der Waals surface area contributed by atoms with Crippen LogP contribution in [0.25, 0.3) is 0 Å². The summed E-state index contributed by atoms with van der Waals surface area (Å²) in [5.74, 6) is 1.35. The maximum absolute atomic E-state index is 6.02. The molecule has 3 rings (SSSR count). The lowest BCUT2D eigenvalue weighted by atomic mass is 10.1. The molecular formula is C18H19BrN4O2S. The largest absolute Gasteiger partial charge is 0.493 e. The van der Waals surface area contributed by atoms with Gasteiger partial charge in [-0.15, -0.1) is 0 Å². The second kappa shape index (κ2) is 8.37. The van der Waals surface area contributed by atoms with Gasteiger partial charge in [0.2, 0.25) is 4.77 Å². The molecule has 136 valence electrons. The number of hydrogen-bond donors (Lipinski definition) is 2. The van der Waals surface area contributed by atoms with E-state index in [9.17, 15) is 0 Å². The molecule has 0 aliphatic rings. The Labute approximate surface area is 165 Å². The number of H-pyrrole nitrogens is 1. The van der Waals surface area contributed by atoms with Crippen LogP contribution in [0.5, 0.6) is 11.5 Å². The van der Waals surface area contributed by atoms with Crippen molar-refractivity contribution in [2.45, 2.75) is 20.1 Å². The van der Waals surface area contributed by atoms with Gasteiger partial charge in [-0.3, -0.25) is 5.10 Å². The van der Waals surface area contributed by atoms with Crippen molar-refractivity contribution in [3.8, 4) is 11.5 Å². The number of hydrogen-bond acceptors (Lipinski definition) is 5. The molecule has 0 atom stereocenters. The summed E-state index contributed by atoms with van der Waals surface area (Å²) in [6.45, 7) is 3.10. The molecule has 0 aliphatic heterocycles. The van der Waals surface area contributed by atoms with Gasteiger partial charge >= 0.3 is 0 Å². The zero-order valence-electron chi connectivity index (χ0n) is 14.5. The molecule has 0 saturated carbocycles. The van der Waals surface area contributed by atoms with Crippen LogP contribution < -0.4 is 14.9 Å². The molecule has 2 N–H and O–H groups in total. The van der Waals surface area contributed by atoms with E-state index in [4.69, 9.17) is 21.7 Å². The lowest BCUT2D eigenvalue weighted by molar-refractivity contribution is 0.282. The summed E-state index contributed by atoms with van der Waals surface area (Å²) in [6.07, 6.45) is 1.59. The quantitative estimate of drug-likeness (QED) is 0.541. The second-order valence-corrected chi connectivity index (χ2v) is 6.93. The standard InChI is InChI=1S/C18H19BrN4O2S/c1-12-5-3-4-6-14(12)10-25-17-15(19)7-13(8-16(17)24-2)9-21-23-11-20-22-18(23)26/h3-8,11,21H,9-10H2,1-2H3,(H,22,26). The Morgan fingerprint density at radius 2 is 2.12 bits per heavy atom. The first-order chi connectivity index (χ1) is 12.6. The van der Waals surface area contributed by atoms with Gasteiger partial charge < -0.3 is 14.9 Å². The molecule has 0 unspecified atom stereocenters. The van der Waals surface area contributed by atoms with Crippen molar-refractivity contribution in [3.63, 3.8) is 0 Å². The Bertz CT molecular complexity index is 954. The molecule has 0 radical (unpaired) electrons. The summed E-state index contributed by atoms with van der Waals surface area (Å²) in [5.41, 5.74) is 6.52. The van der Waals surface area contributed by atoms with E-state index in [1.807, 2.05) is 24.3 Å². The number of halogens is 1. The highest BCUT2D eigenvalue weighted by Gasteiger charge is 2.12. The van der Waals surface area contributed by atoms with Crippen molar-refractivity contribution < 1.29 is 9.47 Å². The summed E-state index contributed by atoms with van der Waals surface area (Å²) in [4.78, 5) is 0. The number of aryl methyl sites for hydroxylation is 1. The highest BCUT2D eigenvalue weighted by molar-refractivity contribution is 9.10. The maximum Gasteiger partial charge on any atom is 0.214 e.